The molecule has 2 aromatic rings. The molecular formula is C19H19N3OS2. The molecule has 1 amide bonds. The van der Waals surface area contributed by atoms with E-state index >= 15 is 0 Å². The summed E-state index contributed by atoms with van der Waals surface area (Å²) in [6.07, 6.45) is 3.03. The number of carbonyl (C=O) groups is 1. The number of nitriles is 1. The maximum Gasteiger partial charge on any atom is 0.257 e. The van der Waals surface area contributed by atoms with E-state index in [1.807, 2.05) is 25.1 Å². The van der Waals surface area contributed by atoms with Crippen LogP contribution in [0.5, 0.6) is 0 Å². The molecule has 0 saturated heterocycles. The molecule has 128 valence electrons. The molecule has 0 bridgehead atoms. The average molecular weight is 370 g/mol. The van der Waals surface area contributed by atoms with Crippen molar-refractivity contribution in [1.29, 1.82) is 5.26 Å². The van der Waals surface area contributed by atoms with Crippen LogP contribution in [0.4, 0.5) is 5.00 Å². The zero-order chi connectivity index (χ0) is 18.0. The molecule has 6 heteroatoms. The van der Waals surface area contributed by atoms with Crippen molar-refractivity contribution in [2.24, 2.45) is 5.92 Å². The van der Waals surface area contributed by atoms with Gasteiger partial charge in [0.15, 0.2) is 5.11 Å². The molecule has 0 spiro atoms. The smallest absolute Gasteiger partial charge is 0.257 e. The largest absolute Gasteiger partial charge is 0.323 e. The van der Waals surface area contributed by atoms with E-state index in [-0.39, 0.29) is 11.0 Å². The Morgan fingerprint density at radius 2 is 2.24 bits per heavy atom. The van der Waals surface area contributed by atoms with Crippen LogP contribution in [-0.4, -0.2) is 11.0 Å². The number of rotatable bonds is 2. The lowest BCUT2D eigenvalue weighted by Crippen LogP contribution is -2.34. The van der Waals surface area contributed by atoms with Gasteiger partial charge in [0, 0.05) is 10.4 Å². The van der Waals surface area contributed by atoms with Gasteiger partial charge in [-0.05, 0) is 62.0 Å². The number of amides is 1. The van der Waals surface area contributed by atoms with Gasteiger partial charge in [0.05, 0.1) is 5.56 Å². The molecule has 0 radical (unpaired) electrons. The maximum absolute atomic E-state index is 12.3. The van der Waals surface area contributed by atoms with Crippen LogP contribution in [0.2, 0.25) is 0 Å². The van der Waals surface area contributed by atoms with Gasteiger partial charge in [-0.15, -0.1) is 11.3 Å². The van der Waals surface area contributed by atoms with Crippen LogP contribution in [-0.2, 0) is 12.8 Å². The van der Waals surface area contributed by atoms with Gasteiger partial charge in [-0.1, -0.05) is 24.6 Å². The van der Waals surface area contributed by atoms with E-state index in [0.717, 1.165) is 35.4 Å². The third kappa shape index (κ3) is 3.89. The zero-order valence-electron chi connectivity index (χ0n) is 14.2. The lowest BCUT2D eigenvalue weighted by atomic mass is 9.89. The lowest BCUT2D eigenvalue weighted by molar-refractivity contribution is 0.0977. The first-order valence-corrected chi connectivity index (χ1v) is 9.44. The van der Waals surface area contributed by atoms with Crippen LogP contribution in [0.3, 0.4) is 0 Å². The number of nitrogens with one attached hydrogen (secondary N) is 2. The summed E-state index contributed by atoms with van der Waals surface area (Å²) in [6, 6.07) is 9.62. The first kappa shape index (κ1) is 17.6. The van der Waals surface area contributed by atoms with Gasteiger partial charge in [0.2, 0.25) is 0 Å². The highest BCUT2D eigenvalue weighted by Crippen LogP contribution is 2.39. The van der Waals surface area contributed by atoms with Crippen molar-refractivity contribution in [1.82, 2.24) is 5.32 Å². The number of thiocarbonyl (C=S) groups is 1. The van der Waals surface area contributed by atoms with Gasteiger partial charge < -0.3 is 5.32 Å². The number of nitrogens with zero attached hydrogens (tertiary/aromatic N) is 1. The summed E-state index contributed by atoms with van der Waals surface area (Å²) in [4.78, 5) is 13.5. The Morgan fingerprint density at radius 1 is 1.44 bits per heavy atom. The van der Waals surface area contributed by atoms with Crippen molar-refractivity contribution in [3.8, 4) is 6.07 Å². The molecule has 1 atom stereocenters. The number of aryl methyl sites for hydroxylation is 1. The van der Waals surface area contributed by atoms with E-state index < -0.39 is 0 Å². The van der Waals surface area contributed by atoms with E-state index in [1.54, 1.807) is 17.4 Å². The highest BCUT2D eigenvalue weighted by molar-refractivity contribution is 7.80. The van der Waals surface area contributed by atoms with Crippen LogP contribution in [0.1, 0.15) is 45.3 Å². The molecule has 25 heavy (non-hydrogen) atoms. The number of benzene rings is 1. The summed E-state index contributed by atoms with van der Waals surface area (Å²) < 4.78 is 0. The topological polar surface area (TPSA) is 64.9 Å². The molecule has 1 aromatic heterocycles. The summed E-state index contributed by atoms with van der Waals surface area (Å²) in [6.45, 7) is 4.16. The minimum absolute atomic E-state index is 0.217. The number of anilines is 1. The molecule has 1 heterocycles. The Labute approximate surface area is 156 Å². The molecule has 2 N–H and O–H groups in total. The maximum atomic E-state index is 12.3. The molecule has 1 aliphatic carbocycles. The molecule has 3 rings (SSSR count). The fourth-order valence-electron chi connectivity index (χ4n) is 3.05. The third-order valence-corrected chi connectivity index (χ3v) is 5.73. The zero-order valence-corrected chi connectivity index (χ0v) is 15.8. The van der Waals surface area contributed by atoms with Gasteiger partial charge in [-0.3, -0.25) is 10.1 Å². The minimum Gasteiger partial charge on any atom is -0.323 e. The van der Waals surface area contributed by atoms with Crippen molar-refractivity contribution >= 4 is 39.6 Å². The standard InChI is InChI=1S/C19H19N3OS2/c1-11-4-3-5-13(8-11)17(23)21-19(24)22-18-15(10-20)14-7-6-12(2)9-16(14)25-18/h3-5,8,12H,6-7,9H2,1-2H3,(H2,21,22,23,24)/t12-/m0/s1. The van der Waals surface area contributed by atoms with Gasteiger partial charge in [0.1, 0.15) is 11.1 Å². The van der Waals surface area contributed by atoms with E-state index in [2.05, 4.69) is 23.6 Å². The van der Waals surface area contributed by atoms with Crippen molar-refractivity contribution in [3.63, 3.8) is 0 Å². The molecule has 0 fully saturated rings. The highest BCUT2D eigenvalue weighted by atomic mass is 32.1. The molecule has 1 aromatic carbocycles. The second kappa shape index (κ2) is 7.34. The second-order valence-electron chi connectivity index (χ2n) is 6.45. The number of hydrogen-bond donors (Lipinski definition) is 2. The van der Waals surface area contributed by atoms with E-state index in [1.165, 1.54) is 4.88 Å². The Morgan fingerprint density at radius 3 is 2.96 bits per heavy atom. The van der Waals surface area contributed by atoms with Crippen LogP contribution >= 0.6 is 23.6 Å². The quantitative estimate of drug-likeness (QED) is 0.780. The Hall–Kier alpha value is -2.23. The Balaban J connectivity index is 1.73. The first-order chi connectivity index (χ1) is 12.0. The second-order valence-corrected chi connectivity index (χ2v) is 7.96. The van der Waals surface area contributed by atoms with Crippen molar-refractivity contribution in [2.75, 3.05) is 5.32 Å². The average Bonchev–Trinajstić information content (AvgIpc) is 2.90. The van der Waals surface area contributed by atoms with Gasteiger partial charge in [0.25, 0.3) is 5.91 Å². The van der Waals surface area contributed by atoms with Gasteiger partial charge in [-0.2, -0.15) is 5.26 Å². The van der Waals surface area contributed by atoms with E-state index in [9.17, 15) is 10.1 Å². The van der Waals surface area contributed by atoms with E-state index in [4.69, 9.17) is 12.2 Å². The first-order valence-electron chi connectivity index (χ1n) is 8.21. The van der Waals surface area contributed by atoms with Gasteiger partial charge >= 0.3 is 0 Å². The Bertz CT molecular complexity index is 879. The third-order valence-electron chi connectivity index (χ3n) is 4.36. The van der Waals surface area contributed by atoms with Crippen molar-refractivity contribution in [3.05, 3.63) is 51.4 Å². The summed E-state index contributed by atoms with van der Waals surface area (Å²) in [5.74, 6) is 0.383. The minimum atomic E-state index is -0.255. The molecule has 4 nitrogen and oxygen atoms in total. The van der Waals surface area contributed by atoms with E-state index in [0.29, 0.717) is 17.0 Å². The summed E-state index contributed by atoms with van der Waals surface area (Å²) in [7, 11) is 0. The molecule has 0 saturated carbocycles. The predicted octanol–water partition coefficient (Wildman–Crippen LogP) is 4.18. The summed E-state index contributed by atoms with van der Waals surface area (Å²) in [5.41, 5.74) is 3.38. The summed E-state index contributed by atoms with van der Waals surface area (Å²) in [5, 5.41) is 16.2. The van der Waals surface area contributed by atoms with Crippen LogP contribution in [0, 0.1) is 24.2 Å². The van der Waals surface area contributed by atoms with Gasteiger partial charge in [-0.25, -0.2) is 0 Å². The fraction of sp³-hybridized carbons (Fsp3) is 0.316. The molecule has 0 aliphatic heterocycles. The number of carbonyl (C=O) groups excluding carboxylic acids is 1. The van der Waals surface area contributed by atoms with Crippen LogP contribution in [0.25, 0.3) is 0 Å². The van der Waals surface area contributed by atoms with Crippen molar-refractivity contribution < 1.29 is 4.79 Å². The molecule has 1 aliphatic rings. The normalized spacial score (nSPS) is 15.8. The lowest BCUT2D eigenvalue weighted by Gasteiger charge is -2.17. The predicted molar refractivity (Wildman–Crippen MR) is 105 cm³/mol. The molecular weight excluding hydrogens is 350 g/mol. The summed E-state index contributed by atoms with van der Waals surface area (Å²) >= 11 is 6.84. The monoisotopic (exact) mass is 369 g/mol. The number of fused-ring (bicyclic) bond motifs is 1. The highest BCUT2D eigenvalue weighted by Gasteiger charge is 2.24. The number of thiophene rings is 1. The number of hydrogen-bond acceptors (Lipinski definition) is 4. The fourth-order valence-corrected chi connectivity index (χ4v) is 4.68. The SMILES string of the molecule is Cc1cccc(C(=O)NC(=S)Nc2sc3c(c2C#N)CC[C@H](C)C3)c1. The Kier molecular flexibility index (Phi) is 5.16. The molecule has 0 unspecified atom stereocenters. The van der Waals surface area contributed by atoms with Crippen molar-refractivity contribution in [2.45, 2.75) is 33.1 Å². The van der Waals surface area contributed by atoms with Crippen LogP contribution < -0.4 is 10.6 Å². The van der Waals surface area contributed by atoms with Crippen LogP contribution in [0.15, 0.2) is 24.3 Å².